The van der Waals surface area contributed by atoms with E-state index in [4.69, 9.17) is 4.74 Å². The Balaban J connectivity index is 2.03. The van der Waals surface area contributed by atoms with Crippen molar-refractivity contribution < 1.29 is 9.53 Å². The molecule has 4 nitrogen and oxygen atoms in total. The molecule has 2 fully saturated rings. The third-order valence-electron chi connectivity index (χ3n) is 3.69. The van der Waals surface area contributed by atoms with Crippen LogP contribution in [-0.2, 0) is 4.74 Å². The number of likely N-dealkylation sites (tertiary alicyclic amines) is 1. The second kappa shape index (κ2) is 3.62. The van der Waals surface area contributed by atoms with Crippen LogP contribution in [0.5, 0.6) is 0 Å². The first kappa shape index (κ1) is 11.7. The molecule has 2 saturated heterocycles. The summed E-state index contributed by atoms with van der Waals surface area (Å²) in [6.45, 7) is 10.7. The standard InChI is InChI=1S/C12H22N2O2/c1-9-7-14(10(15)16-11(2,3)4)12(9)5-6-13-8-12/h9,13H,5-8H2,1-4H3. The maximum atomic E-state index is 12.0. The summed E-state index contributed by atoms with van der Waals surface area (Å²) in [5.41, 5.74) is -0.370. The highest BCUT2D eigenvalue weighted by molar-refractivity contribution is 5.71. The summed E-state index contributed by atoms with van der Waals surface area (Å²) in [4.78, 5) is 13.9. The first-order valence-corrected chi connectivity index (χ1v) is 6.06. The van der Waals surface area contributed by atoms with E-state index in [-0.39, 0.29) is 11.6 Å². The van der Waals surface area contributed by atoms with Gasteiger partial charge in [0.15, 0.2) is 0 Å². The van der Waals surface area contributed by atoms with Crippen LogP contribution in [0, 0.1) is 5.92 Å². The number of rotatable bonds is 0. The average Bonchev–Trinajstić information content (AvgIpc) is 2.61. The highest BCUT2D eigenvalue weighted by atomic mass is 16.6. The van der Waals surface area contributed by atoms with Crippen molar-refractivity contribution in [1.29, 1.82) is 0 Å². The number of ether oxygens (including phenoxy) is 1. The summed E-state index contributed by atoms with van der Waals surface area (Å²) in [5.74, 6) is 0.579. The van der Waals surface area contributed by atoms with Gasteiger partial charge in [-0.3, -0.25) is 0 Å². The van der Waals surface area contributed by atoms with Gasteiger partial charge in [-0.25, -0.2) is 4.79 Å². The molecule has 2 unspecified atom stereocenters. The molecule has 0 aliphatic carbocycles. The molecule has 0 aromatic carbocycles. The van der Waals surface area contributed by atoms with Gasteiger partial charge in [0, 0.05) is 13.1 Å². The number of nitrogens with zero attached hydrogens (tertiary/aromatic N) is 1. The molecule has 1 spiro atoms. The van der Waals surface area contributed by atoms with Crippen LogP contribution in [0.25, 0.3) is 0 Å². The van der Waals surface area contributed by atoms with E-state index in [2.05, 4.69) is 12.2 Å². The highest BCUT2D eigenvalue weighted by Gasteiger charge is 2.55. The van der Waals surface area contributed by atoms with Gasteiger partial charge in [0.05, 0.1) is 5.54 Å². The Morgan fingerprint density at radius 3 is 2.62 bits per heavy atom. The molecule has 2 aliphatic rings. The van der Waals surface area contributed by atoms with Crippen LogP contribution in [-0.4, -0.2) is 41.8 Å². The first-order chi connectivity index (χ1) is 7.35. The number of nitrogens with one attached hydrogen (secondary N) is 1. The fourth-order valence-electron chi connectivity index (χ4n) is 2.70. The Morgan fingerprint density at radius 2 is 2.19 bits per heavy atom. The van der Waals surface area contributed by atoms with Gasteiger partial charge in [-0.1, -0.05) is 6.92 Å². The molecule has 1 amide bonds. The summed E-state index contributed by atoms with van der Waals surface area (Å²) in [5, 5.41) is 3.34. The predicted octanol–water partition coefficient (Wildman–Crippen LogP) is 1.61. The minimum Gasteiger partial charge on any atom is -0.444 e. The van der Waals surface area contributed by atoms with Gasteiger partial charge in [0.25, 0.3) is 0 Å². The van der Waals surface area contributed by atoms with Crippen molar-refractivity contribution in [2.75, 3.05) is 19.6 Å². The third-order valence-corrected chi connectivity index (χ3v) is 3.69. The normalized spacial score (nSPS) is 34.0. The maximum Gasteiger partial charge on any atom is 0.410 e. The molecule has 0 radical (unpaired) electrons. The first-order valence-electron chi connectivity index (χ1n) is 6.06. The molecular weight excluding hydrogens is 204 g/mol. The van der Waals surface area contributed by atoms with Gasteiger partial charge in [0.2, 0.25) is 0 Å². The van der Waals surface area contributed by atoms with E-state index in [0.29, 0.717) is 5.92 Å². The SMILES string of the molecule is CC1CN(C(=O)OC(C)(C)C)C12CCNC2. The lowest BCUT2D eigenvalue weighted by atomic mass is 9.74. The molecular formula is C12H22N2O2. The maximum absolute atomic E-state index is 12.0. The molecule has 92 valence electrons. The fourth-order valence-corrected chi connectivity index (χ4v) is 2.70. The Kier molecular flexibility index (Phi) is 2.65. The Bertz CT molecular complexity index is 290. The minimum atomic E-state index is -0.400. The molecule has 0 aromatic heterocycles. The van der Waals surface area contributed by atoms with E-state index >= 15 is 0 Å². The second-order valence-electron chi connectivity index (χ2n) is 6.02. The van der Waals surface area contributed by atoms with Gasteiger partial charge in [-0.2, -0.15) is 0 Å². The predicted molar refractivity (Wildman–Crippen MR) is 62.3 cm³/mol. The van der Waals surface area contributed by atoms with Crippen LogP contribution in [0.2, 0.25) is 0 Å². The van der Waals surface area contributed by atoms with Crippen molar-refractivity contribution in [2.45, 2.75) is 45.3 Å². The van der Waals surface area contributed by atoms with Gasteiger partial charge in [0.1, 0.15) is 5.60 Å². The van der Waals surface area contributed by atoms with Crippen LogP contribution in [0.4, 0.5) is 4.79 Å². The van der Waals surface area contributed by atoms with Gasteiger partial charge in [-0.05, 0) is 39.7 Å². The monoisotopic (exact) mass is 226 g/mol. The Morgan fingerprint density at radius 1 is 1.50 bits per heavy atom. The second-order valence-corrected chi connectivity index (χ2v) is 6.02. The van der Waals surface area contributed by atoms with Crippen molar-refractivity contribution in [2.24, 2.45) is 5.92 Å². The van der Waals surface area contributed by atoms with Crippen LogP contribution in [0.15, 0.2) is 0 Å². The van der Waals surface area contributed by atoms with Crippen molar-refractivity contribution >= 4 is 6.09 Å². The average molecular weight is 226 g/mol. The minimum absolute atomic E-state index is 0.0301. The summed E-state index contributed by atoms with van der Waals surface area (Å²) in [6, 6.07) is 0. The highest BCUT2D eigenvalue weighted by Crippen LogP contribution is 2.41. The summed E-state index contributed by atoms with van der Waals surface area (Å²) >= 11 is 0. The van der Waals surface area contributed by atoms with Crippen LogP contribution in [0.1, 0.15) is 34.1 Å². The number of hydrogen-bond donors (Lipinski definition) is 1. The van der Waals surface area contributed by atoms with E-state index in [1.54, 1.807) is 0 Å². The third kappa shape index (κ3) is 1.79. The quantitative estimate of drug-likeness (QED) is 0.682. The zero-order valence-corrected chi connectivity index (χ0v) is 10.7. The number of hydrogen-bond acceptors (Lipinski definition) is 3. The lowest BCUT2D eigenvalue weighted by Crippen LogP contribution is -2.69. The van der Waals surface area contributed by atoms with Crippen molar-refractivity contribution in [3.63, 3.8) is 0 Å². The van der Waals surface area contributed by atoms with Crippen LogP contribution < -0.4 is 5.32 Å². The van der Waals surface area contributed by atoms with Crippen molar-refractivity contribution in [3.8, 4) is 0 Å². The lowest BCUT2D eigenvalue weighted by molar-refractivity contribution is -0.0706. The van der Waals surface area contributed by atoms with E-state index in [9.17, 15) is 4.79 Å². The fraction of sp³-hybridized carbons (Fsp3) is 0.917. The molecule has 4 heteroatoms. The lowest BCUT2D eigenvalue weighted by Gasteiger charge is -2.55. The molecule has 0 aromatic rings. The molecule has 1 N–H and O–H groups in total. The van der Waals surface area contributed by atoms with Crippen molar-refractivity contribution in [1.82, 2.24) is 10.2 Å². The molecule has 2 heterocycles. The van der Waals surface area contributed by atoms with E-state index in [1.165, 1.54) is 0 Å². The molecule has 2 atom stereocenters. The number of amides is 1. The van der Waals surface area contributed by atoms with E-state index < -0.39 is 5.60 Å². The Labute approximate surface area is 97.3 Å². The largest absolute Gasteiger partial charge is 0.444 e. The zero-order valence-electron chi connectivity index (χ0n) is 10.7. The summed E-state index contributed by atoms with van der Waals surface area (Å²) < 4.78 is 5.44. The van der Waals surface area contributed by atoms with E-state index in [1.807, 2.05) is 25.7 Å². The van der Waals surface area contributed by atoms with Gasteiger partial charge in [-0.15, -0.1) is 0 Å². The number of carbonyl (C=O) groups is 1. The summed E-state index contributed by atoms with van der Waals surface area (Å²) in [7, 11) is 0. The van der Waals surface area contributed by atoms with Crippen molar-refractivity contribution in [3.05, 3.63) is 0 Å². The smallest absolute Gasteiger partial charge is 0.410 e. The number of carbonyl (C=O) groups excluding carboxylic acids is 1. The molecule has 2 rings (SSSR count). The van der Waals surface area contributed by atoms with E-state index in [0.717, 1.165) is 26.1 Å². The topological polar surface area (TPSA) is 41.6 Å². The zero-order chi connectivity index (χ0) is 12.0. The van der Waals surface area contributed by atoms with Gasteiger partial charge >= 0.3 is 6.09 Å². The van der Waals surface area contributed by atoms with Crippen LogP contribution in [0.3, 0.4) is 0 Å². The molecule has 16 heavy (non-hydrogen) atoms. The molecule has 0 bridgehead atoms. The van der Waals surface area contributed by atoms with Crippen LogP contribution >= 0.6 is 0 Å². The summed E-state index contributed by atoms with van der Waals surface area (Å²) in [6.07, 6.45) is 0.891. The Hall–Kier alpha value is -0.770. The van der Waals surface area contributed by atoms with Gasteiger partial charge < -0.3 is 15.0 Å². The molecule has 2 aliphatic heterocycles. The molecule has 0 saturated carbocycles.